The highest BCUT2D eigenvalue weighted by atomic mass is 19.4. The summed E-state index contributed by atoms with van der Waals surface area (Å²) < 4.78 is 45.3. The quantitative estimate of drug-likeness (QED) is 0.806. The van der Waals surface area contributed by atoms with E-state index in [1.807, 2.05) is 0 Å². The van der Waals surface area contributed by atoms with Crippen LogP contribution in [0.2, 0.25) is 0 Å². The van der Waals surface area contributed by atoms with Crippen molar-refractivity contribution in [3.05, 3.63) is 53.7 Å². The number of nitrogens with one attached hydrogen (secondary N) is 1. The number of hydrogen-bond acceptors (Lipinski definition) is 4. The predicted octanol–water partition coefficient (Wildman–Crippen LogP) is 4.10. The third kappa shape index (κ3) is 4.85. The number of carbonyl (C=O) groups excluding carboxylic acids is 1. The number of rotatable bonds is 5. The van der Waals surface area contributed by atoms with E-state index >= 15 is 0 Å². The van der Waals surface area contributed by atoms with E-state index in [0.29, 0.717) is 11.3 Å². The maximum Gasteiger partial charge on any atom is 0.429 e. The average Bonchev–Trinajstić information content (AvgIpc) is 2.60. The van der Waals surface area contributed by atoms with E-state index in [4.69, 9.17) is 9.57 Å². The molecule has 1 aromatic heterocycles. The Labute approximate surface area is 148 Å². The second kappa shape index (κ2) is 8.05. The van der Waals surface area contributed by atoms with Gasteiger partial charge in [-0.15, -0.1) is 0 Å². The van der Waals surface area contributed by atoms with Gasteiger partial charge < -0.3 is 10.1 Å². The summed E-state index contributed by atoms with van der Waals surface area (Å²) in [6, 6.07) is 8.20. The Bertz CT molecular complexity index is 754. The highest BCUT2D eigenvalue weighted by Gasteiger charge is 2.43. The van der Waals surface area contributed by atoms with Crippen molar-refractivity contribution in [1.29, 1.82) is 0 Å². The summed E-state index contributed by atoms with van der Waals surface area (Å²) in [6.45, 7) is 1.54. The number of benzene rings is 1. The van der Waals surface area contributed by atoms with Crippen LogP contribution in [-0.4, -0.2) is 36.4 Å². The van der Waals surface area contributed by atoms with Crippen LogP contribution >= 0.6 is 0 Å². The largest absolute Gasteiger partial charge is 0.460 e. The number of aromatic nitrogens is 1. The van der Waals surface area contributed by atoms with Gasteiger partial charge in [0.05, 0.1) is 19.0 Å². The zero-order valence-corrected chi connectivity index (χ0v) is 14.4. The number of aryl methyl sites for hydroxylation is 1. The number of amides is 2. The van der Waals surface area contributed by atoms with Gasteiger partial charge in [-0.1, -0.05) is 30.3 Å². The molecule has 0 radical (unpaired) electrons. The minimum absolute atomic E-state index is 0.0275. The van der Waals surface area contributed by atoms with Crippen LogP contribution in [0.4, 0.5) is 23.7 Å². The van der Waals surface area contributed by atoms with Crippen molar-refractivity contribution in [1.82, 2.24) is 10.0 Å². The van der Waals surface area contributed by atoms with Crippen molar-refractivity contribution in [3.63, 3.8) is 0 Å². The van der Waals surface area contributed by atoms with Gasteiger partial charge in [-0.2, -0.15) is 13.2 Å². The first kappa shape index (κ1) is 19.5. The van der Waals surface area contributed by atoms with Gasteiger partial charge in [0.25, 0.3) is 0 Å². The molecule has 0 aliphatic rings. The van der Waals surface area contributed by atoms with E-state index in [0.717, 1.165) is 5.06 Å². The van der Waals surface area contributed by atoms with Crippen molar-refractivity contribution in [2.45, 2.75) is 19.2 Å². The number of ether oxygens (including phenoxy) is 1. The molecular formula is C17H18F3N3O3. The Kier molecular flexibility index (Phi) is 6.04. The second-order valence-electron chi connectivity index (χ2n) is 5.41. The van der Waals surface area contributed by atoms with Crippen molar-refractivity contribution in [2.24, 2.45) is 0 Å². The third-order valence-electron chi connectivity index (χ3n) is 3.47. The van der Waals surface area contributed by atoms with Gasteiger partial charge in [-0.3, -0.25) is 4.84 Å². The van der Waals surface area contributed by atoms with Crippen molar-refractivity contribution < 1.29 is 27.5 Å². The topological polar surface area (TPSA) is 63.7 Å². The first-order valence-electron chi connectivity index (χ1n) is 7.56. The van der Waals surface area contributed by atoms with E-state index in [2.05, 4.69) is 10.3 Å². The van der Waals surface area contributed by atoms with Gasteiger partial charge in [0.1, 0.15) is 0 Å². The van der Waals surface area contributed by atoms with E-state index in [-0.39, 0.29) is 11.4 Å². The van der Waals surface area contributed by atoms with Gasteiger partial charge in [0, 0.05) is 18.2 Å². The molecule has 2 amide bonds. The lowest BCUT2D eigenvalue weighted by Crippen LogP contribution is -2.30. The monoisotopic (exact) mass is 369 g/mol. The second-order valence-corrected chi connectivity index (χ2v) is 5.41. The van der Waals surface area contributed by atoms with Crippen LogP contribution in [0.25, 0.3) is 0 Å². The van der Waals surface area contributed by atoms with E-state index in [1.165, 1.54) is 57.6 Å². The number of carbonyl (C=O) groups is 1. The number of hydroxylamine groups is 2. The molecule has 0 fully saturated rings. The lowest BCUT2D eigenvalue weighted by Gasteiger charge is -2.22. The van der Waals surface area contributed by atoms with Gasteiger partial charge >= 0.3 is 12.2 Å². The average molecular weight is 369 g/mol. The number of urea groups is 1. The Hall–Kier alpha value is -2.81. The molecule has 2 rings (SSSR count). The summed E-state index contributed by atoms with van der Waals surface area (Å²) in [6.07, 6.45) is -5.54. The van der Waals surface area contributed by atoms with E-state index in [9.17, 15) is 18.0 Å². The normalized spacial score (nSPS) is 12.4. The van der Waals surface area contributed by atoms with Gasteiger partial charge in [-0.25, -0.2) is 14.8 Å². The molecule has 6 nitrogen and oxygen atoms in total. The van der Waals surface area contributed by atoms with Gasteiger partial charge in [0.2, 0.25) is 12.0 Å². The van der Waals surface area contributed by atoms with Crippen LogP contribution in [0, 0.1) is 6.92 Å². The predicted molar refractivity (Wildman–Crippen MR) is 88.6 cm³/mol. The molecule has 0 spiro atoms. The number of hydrogen-bond donors (Lipinski definition) is 1. The van der Waals surface area contributed by atoms with E-state index in [1.54, 1.807) is 6.07 Å². The molecule has 0 saturated heterocycles. The van der Waals surface area contributed by atoms with Crippen molar-refractivity contribution in [3.8, 4) is 5.88 Å². The summed E-state index contributed by atoms with van der Waals surface area (Å²) in [5, 5.41) is 3.45. The third-order valence-corrected chi connectivity index (χ3v) is 3.47. The SMILES string of the molecule is CON(C)C(=O)Nc1cnc(O[C@H](c2ccccc2)C(F)(F)F)c(C)c1. The molecule has 1 atom stereocenters. The molecule has 1 heterocycles. The smallest absolute Gasteiger partial charge is 0.429 e. The first-order chi connectivity index (χ1) is 12.2. The standard InChI is InChI=1S/C17H18F3N3O3/c1-11-9-13(22-16(24)23(2)25-3)10-21-15(11)26-14(17(18,19)20)12-7-5-4-6-8-12/h4-10,14H,1-3H3,(H,22,24)/t14-/m1/s1. The molecule has 1 N–H and O–H groups in total. The van der Waals surface area contributed by atoms with E-state index < -0.39 is 18.3 Å². The van der Waals surface area contributed by atoms with Crippen LogP contribution in [0.5, 0.6) is 5.88 Å². The minimum atomic E-state index is -4.61. The summed E-state index contributed by atoms with van der Waals surface area (Å²) in [7, 11) is 2.72. The first-order valence-corrected chi connectivity index (χ1v) is 7.56. The van der Waals surface area contributed by atoms with Crippen LogP contribution in [0.15, 0.2) is 42.6 Å². The lowest BCUT2D eigenvalue weighted by molar-refractivity contribution is -0.198. The molecule has 0 saturated carbocycles. The highest BCUT2D eigenvalue weighted by Crippen LogP contribution is 2.37. The van der Waals surface area contributed by atoms with Crippen LogP contribution in [0.3, 0.4) is 0 Å². The molecule has 140 valence electrons. The molecule has 9 heteroatoms. The number of pyridine rings is 1. The Morgan fingerprint density at radius 2 is 1.92 bits per heavy atom. The number of halogens is 3. The molecule has 26 heavy (non-hydrogen) atoms. The van der Waals surface area contributed by atoms with Crippen LogP contribution in [0.1, 0.15) is 17.2 Å². The fraction of sp³-hybridized carbons (Fsp3) is 0.294. The summed E-state index contributed by atoms with van der Waals surface area (Å²) in [4.78, 5) is 20.3. The fourth-order valence-corrected chi connectivity index (χ4v) is 2.10. The number of nitrogens with zero attached hydrogens (tertiary/aromatic N) is 2. The summed E-state index contributed by atoms with van der Waals surface area (Å²) in [5.74, 6) is -0.172. The molecular weight excluding hydrogens is 351 g/mol. The van der Waals surface area contributed by atoms with Crippen molar-refractivity contribution >= 4 is 11.7 Å². The maximum absolute atomic E-state index is 13.4. The molecule has 0 aliphatic heterocycles. The summed E-state index contributed by atoms with van der Waals surface area (Å²) in [5.41, 5.74) is 0.611. The molecule has 0 bridgehead atoms. The number of alkyl halides is 3. The van der Waals surface area contributed by atoms with Crippen LogP contribution in [-0.2, 0) is 4.84 Å². The minimum Gasteiger partial charge on any atom is -0.460 e. The highest BCUT2D eigenvalue weighted by molar-refractivity contribution is 5.88. The van der Waals surface area contributed by atoms with Crippen molar-refractivity contribution in [2.75, 3.05) is 19.5 Å². The molecule has 0 unspecified atom stereocenters. The lowest BCUT2D eigenvalue weighted by atomic mass is 10.1. The van der Waals surface area contributed by atoms with Gasteiger partial charge in [-0.05, 0) is 13.0 Å². The Morgan fingerprint density at radius 1 is 1.27 bits per heavy atom. The zero-order chi connectivity index (χ0) is 19.3. The van der Waals surface area contributed by atoms with Gasteiger partial charge in [0.15, 0.2) is 0 Å². The molecule has 1 aromatic carbocycles. The zero-order valence-electron chi connectivity index (χ0n) is 14.4. The molecule has 2 aromatic rings. The molecule has 0 aliphatic carbocycles. The summed E-state index contributed by atoms with van der Waals surface area (Å²) >= 11 is 0. The Morgan fingerprint density at radius 3 is 2.46 bits per heavy atom. The maximum atomic E-state index is 13.4. The fourth-order valence-electron chi connectivity index (χ4n) is 2.10. The van der Waals surface area contributed by atoms with Crippen LogP contribution < -0.4 is 10.1 Å². The number of anilines is 1. The Balaban J connectivity index is 2.21.